The van der Waals surface area contributed by atoms with Crippen LogP contribution in [0.2, 0.25) is 0 Å². The Morgan fingerprint density at radius 2 is 1.86 bits per heavy atom. The lowest BCUT2D eigenvalue weighted by Crippen LogP contribution is -2.48. The van der Waals surface area contributed by atoms with Gasteiger partial charge in [-0.25, -0.2) is 0 Å². The van der Waals surface area contributed by atoms with E-state index in [9.17, 15) is 10.2 Å². The molecule has 1 fully saturated rings. The Hall–Kier alpha value is -0.600. The van der Waals surface area contributed by atoms with Crippen molar-refractivity contribution in [3.8, 4) is 0 Å². The zero-order valence-electron chi connectivity index (χ0n) is 13.4. The van der Waals surface area contributed by atoms with E-state index in [0.717, 1.165) is 25.7 Å². The van der Waals surface area contributed by atoms with Crippen LogP contribution >= 0.6 is 0 Å². The molecule has 0 saturated heterocycles. The average molecular weight is 288 g/mol. The first-order chi connectivity index (χ1) is 9.88. The van der Waals surface area contributed by atoms with E-state index in [4.69, 9.17) is 0 Å². The third kappa shape index (κ3) is 1.66. The maximum Gasteiger partial charge on any atom is 0.168 e. The quantitative estimate of drug-likeness (QED) is 0.521. The molecule has 4 rings (SSSR count). The molecule has 3 atom stereocenters. The molecular formula is C19H28O2. The number of allylic oxidation sites excluding steroid dienone is 4. The fourth-order valence-corrected chi connectivity index (χ4v) is 5.98. The first-order valence-corrected chi connectivity index (χ1v) is 8.75. The zero-order chi connectivity index (χ0) is 14.9. The van der Waals surface area contributed by atoms with E-state index in [2.05, 4.69) is 19.9 Å². The lowest BCUT2D eigenvalue weighted by Gasteiger charge is -2.52. The smallest absolute Gasteiger partial charge is 0.168 e. The van der Waals surface area contributed by atoms with E-state index in [0.29, 0.717) is 17.8 Å². The highest BCUT2D eigenvalue weighted by Crippen LogP contribution is 2.64. The van der Waals surface area contributed by atoms with Gasteiger partial charge in [0.15, 0.2) is 5.79 Å². The molecule has 1 saturated carbocycles. The standard InChI is InChI=1S/C19H28O2/c1-17-10-4-3-5-13(17)6-7-14-15(17)8-11-18(2)16(14)9-12-19(18,20)21/h5,16,20-21H,3-4,6-12H2,1-2H3/t16-,17-,18-/m0/s1. The van der Waals surface area contributed by atoms with Gasteiger partial charge in [0.1, 0.15) is 0 Å². The van der Waals surface area contributed by atoms with Crippen LogP contribution in [0.4, 0.5) is 0 Å². The number of rotatable bonds is 0. The molecule has 0 spiro atoms. The molecule has 0 bridgehead atoms. The Balaban J connectivity index is 1.81. The number of aliphatic hydroxyl groups is 2. The van der Waals surface area contributed by atoms with Crippen molar-refractivity contribution in [3.63, 3.8) is 0 Å². The maximum absolute atomic E-state index is 10.5. The molecule has 2 nitrogen and oxygen atoms in total. The van der Waals surface area contributed by atoms with E-state index >= 15 is 0 Å². The Bertz CT molecular complexity index is 542. The first-order valence-electron chi connectivity index (χ1n) is 8.75. The van der Waals surface area contributed by atoms with Crippen LogP contribution in [0.1, 0.15) is 71.6 Å². The Morgan fingerprint density at radius 1 is 1.05 bits per heavy atom. The topological polar surface area (TPSA) is 40.5 Å². The summed E-state index contributed by atoms with van der Waals surface area (Å²) < 4.78 is 0. The fraction of sp³-hybridized carbons (Fsp3) is 0.789. The largest absolute Gasteiger partial charge is 0.365 e. The Labute approximate surface area is 127 Å². The second kappa shape index (κ2) is 4.23. The summed E-state index contributed by atoms with van der Waals surface area (Å²) in [5, 5.41) is 20.9. The van der Waals surface area contributed by atoms with Gasteiger partial charge in [0.2, 0.25) is 0 Å². The molecule has 4 aliphatic rings. The molecule has 0 aromatic carbocycles. The van der Waals surface area contributed by atoms with Crippen molar-refractivity contribution in [2.45, 2.75) is 77.4 Å². The minimum atomic E-state index is -1.46. The van der Waals surface area contributed by atoms with Crippen LogP contribution in [0.15, 0.2) is 22.8 Å². The molecule has 0 radical (unpaired) electrons. The zero-order valence-corrected chi connectivity index (χ0v) is 13.4. The minimum absolute atomic E-state index is 0.295. The molecule has 2 N–H and O–H groups in total. The van der Waals surface area contributed by atoms with Gasteiger partial charge in [0.05, 0.1) is 0 Å². The summed E-state index contributed by atoms with van der Waals surface area (Å²) in [5.41, 5.74) is 4.94. The molecule has 0 unspecified atom stereocenters. The van der Waals surface area contributed by atoms with Crippen molar-refractivity contribution in [1.82, 2.24) is 0 Å². The van der Waals surface area contributed by atoms with Crippen molar-refractivity contribution >= 4 is 0 Å². The number of fused-ring (bicyclic) bond motifs is 4. The van der Waals surface area contributed by atoms with Crippen LogP contribution in [0.5, 0.6) is 0 Å². The molecule has 116 valence electrons. The second-order valence-electron chi connectivity index (χ2n) is 8.28. The third-order valence-electron chi connectivity index (χ3n) is 7.48. The van der Waals surface area contributed by atoms with Gasteiger partial charge in [-0.1, -0.05) is 36.6 Å². The molecular weight excluding hydrogens is 260 g/mol. The van der Waals surface area contributed by atoms with Crippen molar-refractivity contribution in [2.75, 3.05) is 0 Å². The average Bonchev–Trinajstić information content (AvgIpc) is 2.69. The predicted octanol–water partition coefficient (Wildman–Crippen LogP) is 4.08. The number of hydrogen-bond donors (Lipinski definition) is 2. The SMILES string of the molecule is C[C@]12CCCC=C1CCC1=C2CC[C@@]2(C)[C@H]1CCC2(O)O. The highest BCUT2D eigenvalue weighted by Gasteiger charge is 2.59. The molecule has 0 aromatic rings. The Kier molecular flexibility index (Phi) is 2.83. The lowest BCUT2D eigenvalue weighted by molar-refractivity contribution is -0.230. The van der Waals surface area contributed by atoms with E-state index < -0.39 is 5.79 Å². The highest BCUT2D eigenvalue weighted by atomic mass is 16.5. The van der Waals surface area contributed by atoms with Gasteiger partial charge in [-0.05, 0) is 57.3 Å². The Morgan fingerprint density at radius 3 is 2.67 bits per heavy atom. The molecule has 0 aliphatic heterocycles. The first kappa shape index (κ1) is 14.0. The lowest BCUT2D eigenvalue weighted by atomic mass is 9.54. The predicted molar refractivity (Wildman–Crippen MR) is 83.5 cm³/mol. The fourth-order valence-electron chi connectivity index (χ4n) is 5.98. The normalized spacial score (nSPS) is 44.8. The van der Waals surface area contributed by atoms with Gasteiger partial charge < -0.3 is 10.2 Å². The summed E-state index contributed by atoms with van der Waals surface area (Å²) in [6, 6.07) is 0. The van der Waals surface area contributed by atoms with E-state index in [1.54, 1.807) is 16.7 Å². The van der Waals surface area contributed by atoms with Crippen molar-refractivity contribution in [2.24, 2.45) is 16.7 Å². The monoisotopic (exact) mass is 288 g/mol. The van der Waals surface area contributed by atoms with Gasteiger partial charge >= 0.3 is 0 Å². The van der Waals surface area contributed by atoms with Crippen molar-refractivity contribution in [3.05, 3.63) is 22.8 Å². The number of hydrogen-bond acceptors (Lipinski definition) is 2. The van der Waals surface area contributed by atoms with Crippen molar-refractivity contribution in [1.29, 1.82) is 0 Å². The van der Waals surface area contributed by atoms with E-state index in [1.165, 1.54) is 25.7 Å². The van der Waals surface area contributed by atoms with Crippen LogP contribution in [-0.4, -0.2) is 16.0 Å². The highest BCUT2D eigenvalue weighted by molar-refractivity contribution is 5.42. The molecule has 0 aromatic heterocycles. The minimum Gasteiger partial charge on any atom is -0.365 e. The molecule has 0 amide bonds. The summed E-state index contributed by atoms with van der Waals surface area (Å²) in [4.78, 5) is 0. The molecule has 4 aliphatic carbocycles. The molecule has 0 heterocycles. The summed E-state index contributed by atoms with van der Waals surface area (Å²) in [7, 11) is 0. The van der Waals surface area contributed by atoms with E-state index in [-0.39, 0.29) is 5.41 Å². The van der Waals surface area contributed by atoms with Gasteiger partial charge in [0, 0.05) is 17.3 Å². The van der Waals surface area contributed by atoms with Gasteiger partial charge in [-0.3, -0.25) is 0 Å². The van der Waals surface area contributed by atoms with Crippen molar-refractivity contribution < 1.29 is 10.2 Å². The van der Waals surface area contributed by atoms with Crippen LogP contribution in [0.25, 0.3) is 0 Å². The van der Waals surface area contributed by atoms with Crippen LogP contribution in [0, 0.1) is 16.7 Å². The molecule has 21 heavy (non-hydrogen) atoms. The summed E-state index contributed by atoms with van der Waals surface area (Å²) >= 11 is 0. The summed E-state index contributed by atoms with van der Waals surface area (Å²) in [6.45, 7) is 4.57. The van der Waals surface area contributed by atoms with Crippen LogP contribution in [-0.2, 0) is 0 Å². The van der Waals surface area contributed by atoms with E-state index in [1.807, 2.05) is 0 Å². The second-order valence-corrected chi connectivity index (χ2v) is 8.28. The van der Waals surface area contributed by atoms with Crippen LogP contribution < -0.4 is 0 Å². The third-order valence-corrected chi connectivity index (χ3v) is 7.48. The van der Waals surface area contributed by atoms with Gasteiger partial charge in [-0.15, -0.1) is 0 Å². The van der Waals surface area contributed by atoms with Crippen LogP contribution in [0.3, 0.4) is 0 Å². The van der Waals surface area contributed by atoms with Gasteiger partial charge in [0.25, 0.3) is 0 Å². The maximum atomic E-state index is 10.5. The van der Waals surface area contributed by atoms with Gasteiger partial charge in [-0.2, -0.15) is 0 Å². The summed E-state index contributed by atoms with van der Waals surface area (Å²) in [5.74, 6) is -1.06. The summed E-state index contributed by atoms with van der Waals surface area (Å²) in [6.07, 6.45) is 12.2. The molecule has 2 heteroatoms.